The Balaban J connectivity index is 2.59. The lowest BCUT2D eigenvalue weighted by atomic mass is 9.70. The van der Waals surface area contributed by atoms with Crippen molar-refractivity contribution in [3.05, 3.63) is 0 Å². The molecule has 0 saturated heterocycles. The maximum absolute atomic E-state index is 4.50. The number of hydrogen-bond acceptors (Lipinski definition) is 7. The van der Waals surface area contributed by atoms with Crippen LogP contribution in [-0.4, -0.2) is 47.5 Å². The Morgan fingerprint density at radius 2 is 1.24 bits per heavy atom. The molecule has 2 aliphatic rings. The molecule has 0 radical (unpaired) electrons. The summed E-state index contributed by atoms with van der Waals surface area (Å²) in [5, 5.41) is 22.5. The fraction of sp³-hybridized carbons (Fsp3) is 1.00. The van der Waals surface area contributed by atoms with Crippen LogP contribution in [0.2, 0.25) is 0 Å². The summed E-state index contributed by atoms with van der Waals surface area (Å²) in [5.74, 6) is -0.564. The van der Waals surface area contributed by atoms with Crippen LogP contribution in [0.4, 0.5) is 0 Å². The summed E-state index contributed by atoms with van der Waals surface area (Å²) in [6.45, 7) is 8.58. The first-order valence-electron chi connectivity index (χ1n) is 5.74. The van der Waals surface area contributed by atoms with Crippen LogP contribution in [0.25, 0.3) is 0 Å². The third kappa shape index (κ3) is 1.11. The molecule has 7 nitrogen and oxygen atoms in total. The number of likely N-dealkylation sites (N-methyl/N-ethyl adjacent to an activating group) is 3. The lowest BCUT2D eigenvalue weighted by molar-refractivity contribution is -0.154. The van der Waals surface area contributed by atoms with Crippen LogP contribution in [0.3, 0.4) is 0 Å². The molecule has 2 aliphatic heterocycles. The van der Waals surface area contributed by atoms with E-state index in [0.29, 0.717) is 0 Å². The molecule has 17 heavy (non-hydrogen) atoms. The Bertz CT molecular complexity index is 362. The average molecular weight is 239 g/mol. The second kappa shape index (κ2) is 3.08. The van der Waals surface area contributed by atoms with Crippen LogP contribution in [-0.2, 0) is 0 Å². The van der Waals surface area contributed by atoms with Crippen LogP contribution >= 0.6 is 0 Å². The average Bonchev–Trinajstić information content (AvgIpc) is 2.64. The van der Waals surface area contributed by atoms with E-state index in [4.69, 9.17) is 0 Å². The molecule has 0 fully saturated rings. The lowest BCUT2D eigenvalue weighted by Crippen LogP contribution is -2.72. The van der Waals surface area contributed by atoms with Crippen molar-refractivity contribution in [2.45, 2.75) is 39.0 Å². The van der Waals surface area contributed by atoms with Crippen LogP contribution in [0, 0.1) is 5.41 Å². The third-order valence-electron chi connectivity index (χ3n) is 4.15. The molecule has 7 heteroatoms. The highest BCUT2D eigenvalue weighted by molar-refractivity contribution is 5.13. The van der Waals surface area contributed by atoms with Gasteiger partial charge in [-0.2, -0.15) is 5.11 Å². The van der Waals surface area contributed by atoms with Crippen LogP contribution in [0.1, 0.15) is 27.7 Å². The Kier molecular flexibility index (Phi) is 2.19. The fourth-order valence-electron chi connectivity index (χ4n) is 2.76. The molecule has 2 rings (SSSR count). The van der Waals surface area contributed by atoms with Crippen molar-refractivity contribution < 1.29 is 0 Å². The summed E-state index contributed by atoms with van der Waals surface area (Å²) in [4.78, 5) is 0. The van der Waals surface area contributed by atoms with E-state index in [1.165, 1.54) is 0 Å². The zero-order valence-corrected chi connectivity index (χ0v) is 11.6. The first kappa shape index (κ1) is 12.1. The molecule has 0 N–H and O–H groups in total. The summed E-state index contributed by atoms with van der Waals surface area (Å²) in [6, 6.07) is 0. The predicted octanol–water partition coefficient (Wildman–Crippen LogP) is 1.92. The van der Waals surface area contributed by atoms with E-state index in [2.05, 4.69) is 48.5 Å². The van der Waals surface area contributed by atoms with Crippen LogP contribution in [0.5, 0.6) is 0 Å². The van der Waals surface area contributed by atoms with Gasteiger partial charge in [-0.25, -0.2) is 15.0 Å². The second-order valence-corrected chi connectivity index (χ2v) is 5.90. The van der Waals surface area contributed by atoms with E-state index in [-0.39, 0.29) is 5.41 Å². The second-order valence-electron chi connectivity index (χ2n) is 5.90. The Labute approximate surface area is 102 Å². The van der Waals surface area contributed by atoms with Crippen molar-refractivity contribution >= 4 is 0 Å². The smallest absolute Gasteiger partial charge is 0.233 e. The van der Waals surface area contributed by atoms with Gasteiger partial charge in [0.15, 0.2) is 5.54 Å². The Hall–Kier alpha value is -1.40. The maximum atomic E-state index is 4.50. The molecule has 0 aromatic heterocycles. The van der Waals surface area contributed by atoms with Crippen molar-refractivity contribution in [1.82, 2.24) is 15.0 Å². The van der Waals surface area contributed by atoms with E-state index >= 15 is 0 Å². The molecular weight excluding hydrogens is 218 g/mol. The van der Waals surface area contributed by atoms with Gasteiger partial charge in [0.05, 0.1) is 0 Å². The third-order valence-corrected chi connectivity index (χ3v) is 4.15. The zero-order chi connectivity index (χ0) is 13.1. The molecular formula is C10H21N7. The maximum Gasteiger partial charge on any atom is 0.268 e. The van der Waals surface area contributed by atoms with Gasteiger partial charge in [0.1, 0.15) is 0 Å². The fourth-order valence-corrected chi connectivity index (χ4v) is 2.76. The minimum atomic E-state index is -0.564. The number of hydrogen-bond donors (Lipinski definition) is 0. The van der Waals surface area contributed by atoms with Gasteiger partial charge in [0.25, 0.3) is 5.79 Å². The van der Waals surface area contributed by atoms with E-state index in [0.717, 1.165) is 0 Å². The summed E-state index contributed by atoms with van der Waals surface area (Å²) < 4.78 is 0. The molecule has 0 aromatic rings. The summed E-state index contributed by atoms with van der Waals surface area (Å²) in [7, 11) is 5.72. The number of nitrogens with zero attached hydrogens (tertiary/aromatic N) is 7. The molecule has 1 spiro atoms. The first-order valence-corrected chi connectivity index (χ1v) is 5.74. The molecule has 2 heterocycles. The van der Waals surface area contributed by atoms with Gasteiger partial charge in [0, 0.05) is 21.1 Å². The monoisotopic (exact) mass is 239 g/mol. The normalized spacial score (nSPS) is 31.1. The van der Waals surface area contributed by atoms with Crippen LogP contribution < -0.4 is 0 Å². The lowest BCUT2D eigenvalue weighted by Gasteiger charge is -2.51. The van der Waals surface area contributed by atoms with Crippen molar-refractivity contribution in [2.24, 2.45) is 26.2 Å². The van der Waals surface area contributed by atoms with Crippen molar-refractivity contribution in [2.75, 3.05) is 21.1 Å². The standard InChI is InChI=1S/C10H21N7/c1-8(2,3)9(4)10(15(5)12-11-9)16(6)13-14-17(10)7/h1-7H3/t9-/m1/s1. The van der Waals surface area contributed by atoms with Gasteiger partial charge in [-0.1, -0.05) is 26.0 Å². The number of rotatable bonds is 0. The predicted molar refractivity (Wildman–Crippen MR) is 63.6 cm³/mol. The minimum absolute atomic E-state index is 0.0703. The summed E-state index contributed by atoms with van der Waals surface area (Å²) in [6.07, 6.45) is 0. The van der Waals surface area contributed by atoms with Gasteiger partial charge < -0.3 is 0 Å². The van der Waals surface area contributed by atoms with Gasteiger partial charge in [0.2, 0.25) is 0 Å². The molecule has 0 bridgehead atoms. The molecule has 0 aromatic carbocycles. The van der Waals surface area contributed by atoms with E-state index in [1.807, 2.05) is 36.2 Å². The summed E-state index contributed by atoms with van der Waals surface area (Å²) in [5.41, 5.74) is -0.499. The highest BCUT2D eigenvalue weighted by Gasteiger charge is 2.68. The van der Waals surface area contributed by atoms with Crippen molar-refractivity contribution in [1.29, 1.82) is 0 Å². The quantitative estimate of drug-likeness (QED) is 0.649. The van der Waals surface area contributed by atoms with E-state index in [9.17, 15) is 0 Å². The van der Waals surface area contributed by atoms with Crippen LogP contribution in [0.15, 0.2) is 20.8 Å². The molecule has 96 valence electrons. The highest BCUT2D eigenvalue weighted by atomic mass is 15.9. The minimum Gasteiger partial charge on any atom is -0.233 e. The van der Waals surface area contributed by atoms with Crippen molar-refractivity contribution in [3.63, 3.8) is 0 Å². The topological polar surface area (TPSA) is 59.2 Å². The largest absolute Gasteiger partial charge is 0.268 e. The Morgan fingerprint density at radius 1 is 0.824 bits per heavy atom. The summed E-state index contributed by atoms with van der Waals surface area (Å²) >= 11 is 0. The van der Waals surface area contributed by atoms with E-state index < -0.39 is 11.3 Å². The van der Waals surface area contributed by atoms with Gasteiger partial charge in [-0.3, -0.25) is 0 Å². The first-order chi connectivity index (χ1) is 7.68. The van der Waals surface area contributed by atoms with E-state index in [1.54, 1.807) is 0 Å². The van der Waals surface area contributed by atoms with Gasteiger partial charge >= 0.3 is 0 Å². The molecule has 1 atom stereocenters. The zero-order valence-electron chi connectivity index (χ0n) is 11.6. The molecule has 0 saturated carbocycles. The van der Waals surface area contributed by atoms with Gasteiger partial charge in [-0.05, 0) is 22.8 Å². The van der Waals surface area contributed by atoms with Gasteiger partial charge in [-0.15, -0.1) is 0 Å². The van der Waals surface area contributed by atoms with Crippen molar-refractivity contribution in [3.8, 4) is 0 Å². The molecule has 0 aliphatic carbocycles. The highest BCUT2D eigenvalue weighted by Crippen LogP contribution is 2.52. The molecule has 0 unspecified atom stereocenters. The SMILES string of the molecule is CN1N=NN(C)C12N(C)N=N[C@]2(C)C(C)(C)C. The molecule has 0 amide bonds. The Morgan fingerprint density at radius 3 is 1.65 bits per heavy atom.